The van der Waals surface area contributed by atoms with Crippen molar-refractivity contribution in [1.82, 2.24) is 24.7 Å². The van der Waals surface area contributed by atoms with E-state index in [0.29, 0.717) is 4.68 Å². The summed E-state index contributed by atoms with van der Waals surface area (Å²) in [5.74, 6) is -11.2. The van der Waals surface area contributed by atoms with Crippen molar-refractivity contribution in [2.45, 2.75) is 18.6 Å². The van der Waals surface area contributed by atoms with Crippen LogP contribution in [0, 0.1) is 0 Å². The molecule has 0 saturated carbocycles. The minimum atomic E-state index is -6.00. The molecular weight excluding hydrogens is 459 g/mol. The van der Waals surface area contributed by atoms with E-state index >= 15 is 0 Å². The zero-order valence-electron chi connectivity index (χ0n) is 16.5. The molecule has 3 aromatic rings. The molecule has 0 unspecified atom stereocenters. The molecule has 2 aromatic heterocycles. The Morgan fingerprint density at radius 2 is 1.73 bits per heavy atom. The van der Waals surface area contributed by atoms with Crippen molar-refractivity contribution in [2.75, 3.05) is 12.4 Å². The van der Waals surface area contributed by atoms with Gasteiger partial charge in [-0.2, -0.15) is 26.9 Å². The third-order valence-corrected chi connectivity index (χ3v) is 4.13. The number of benzene rings is 1. The molecule has 10 nitrogen and oxygen atoms in total. The van der Waals surface area contributed by atoms with Crippen LogP contribution in [0.4, 0.5) is 27.9 Å². The van der Waals surface area contributed by atoms with Crippen LogP contribution >= 0.6 is 0 Å². The summed E-state index contributed by atoms with van der Waals surface area (Å²) >= 11 is 0. The fourth-order valence-electron chi connectivity index (χ4n) is 2.52. The first-order valence-electron chi connectivity index (χ1n) is 8.83. The minimum absolute atomic E-state index is 0.0321. The molecule has 0 atom stereocenters. The molecule has 0 bridgehead atoms. The second-order valence-electron chi connectivity index (χ2n) is 6.30. The van der Waals surface area contributed by atoms with Crippen molar-refractivity contribution in [3.63, 3.8) is 0 Å². The van der Waals surface area contributed by atoms with Gasteiger partial charge >= 0.3 is 18.1 Å². The van der Waals surface area contributed by atoms with Gasteiger partial charge in [-0.25, -0.2) is 19.4 Å². The smallest absolute Gasteiger partial charge is 0.461 e. The van der Waals surface area contributed by atoms with E-state index in [4.69, 9.17) is 0 Å². The number of hydrogen-bond acceptors (Lipinski definition) is 8. The van der Waals surface area contributed by atoms with Crippen molar-refractivity contribution in [3.8, 4) is 5.75 Å². The summed E-state index contributed by atoms with van der Waals surface area (Å²) in [5.41, 5.74) is -0.888. The first kappa shape index (κ1) is 23.5. The summed E-state index contributed by atoms with van der Waals surface area (Å²) in [6.07, 6.45) is -3.42. The maximum atomic E-state index is 13.8. The average Bonchev–Trinajstić information content (AvgIpc) is 3.16. The number of anilines is 1. The SMILES string of the molecule is COC(=O)c1cccc(C(=O)Nc2nc(C(F)(F)C(F)(F)F)nn2Cc2ncccn2)c1O. The third-order valence-electron chi connectivity index (χ3n) is 4.13. The standard InChI is InChI=1S/C18H13F5N6O4/c1-33-14(32)10-5-2-4-9(12(10)30)13(31)26-16-27-15(17(19,20)18(21,22)23)28-29(16)8-11-24-6-3-7-25-11/h2-7,30H,8H2,1H3,(H,26,27,28,31). The number of aromatic hydroxyl groups is 1. The largest absolute Gasteiger partial charge is 0.506 e. The molecular formula is C18H13F5N6O4. The number of amides is 1. The van der Waals surface area contributed by atoms with Crippen molar-refractivity contribution < 1.29 is 41.4 Å². The highest BCUT2D eigenvalue weighted by Crippen LogP contribution is 2.42. The van der Waals surface area contributed by atoms with Crippen LogP contribution in [0.5, 0.6) is 5.75 Å². The lowest BCUT2D eigenvalue weighted by atomic mass is 10.1. The highest BCUT2D eigenvalue weighted by molar-refractivity contribution is 6.08. The summed E-state index contributed by atoms with van der Waals surface area (Å²) < 4.78 is 71.0. The summed E-state index contributed by atoms with van der Waals surface area (Å²) in [4.78, 5) is 35.1. The van der Waals surface area contributed by atoms with Crippen LogP contribution in [-0.4, -0.2) is 55.0 Å². The fraction of sp³-hybridized carbons (Fsp3) is 0.222. The number of carbonyl (C=O) groups is 2. The Labute approximate surface area is 181 Å². The maximum absolute atomic E-state index is 13.8. The number of phenols is 1. The molecule has 2 heterocycles. The van der Waals surface area contributed by atoms with Crippen LogP contribution in [0.3, 0.4) is 0 Å². The Balaban J connectivity index is 2.01. The van der Waals surface area contributed by atoms with E-state index in [1.165, 1.54) is 24.5 Å². The van der Waals surface area contributed by atoms with Gasteiger partial charge in [0.25, 0.3) is 5.91 Å². The number of carbonyl (C=O) groups excluding carboxylic acids is 2. The summed E-state index contributed by atoms with van der Waals surface area (Å²) in [6, 6.07) is 4.87. The molecule has 3 rings (SSSR count). The van der Waals surface area contributed by atoms with Crippen LogP contribution in [0.2, 0.25) is 0 Å². The molecule has 1 amide bonds. The first-order chi connectivity index (χ1) is 15.5. The first-order valence-corrected chi connectivity index (χ1v) is 8.83. The number of methoxy groups -OCH3 is 1. The summed E-state index contributed by atoms with van der Waals surface area (Å²) in [7, 11) is 1.03. The monoisotopic (exact) mass is 472 g/mol. The molecule has 1 aromatic carbocycles. The van der Waals surface area contributed by atoms with Crippen molar-refractivity contribution in [3.05, 3.63) is 59.4 Å². The molecule has 2 N–H and O–H groups in total. The predicted octanol–water partition coefficient (Wildman–Crippen LogP) is 2.52. The highest BCUT2D eigenvalue weighted by atomic mass is 19.4. The van der Waals surface area contributed by atoms with Gasteiger partial charge in [-0.3, -0.25) is 10.1 Å². The van der Waals surface area contributed by atoms with E-state index in [9.17, 15) is 36.6 Å². The van der Waals surface area contributed by atoms with Gasteiger partial charge in [0.2, 0.25) is 11.8 Å². The lowest BCUT2D eigenvalue weighted by molar-refractivity contribution is -0.292. The average molecular weight is 472 g/mol. The Kier molecular flexibility index (Phi) is 6.23. The number of para-hydroxylation sites is 1. The maximum Gasteiger partial charge on any atom is 0.461 e. The zero-order chi connectivity index (χ0) is 24.4. The second-order valence-corrected chi connectivity index (χ2v) is 6.30. The Morgan fingerprint density at radius 1 is 1.09 bits per heavy atom. The fourth-order valence-corrected chi connectivity index (χ4v) is 2.52. The van der Waals surface area contributed by atoms with E-state index in [2.05, 4.69) is 24.8 Å². The minimum Gasteiger partial charge on any atom is -0.506 e. The number of alkyl halides is 5. The Morgan fingerprint density at radius 3 is 2.33 bits per heavy atom. The lowest BCUT2D eigenvalue weighted by Gasteiger charge is -2.15. The van der Waals surface area contributed by atoms with Gasteiger partial charge in [0.1, 0.15) is 23.7 Å². The zero-order valence-corrected chi connectivity index (χ0v) is 16.5. The van der Waals surface area contributed by atoms with Crippen molar-refractivity contribution in [1.29, 1.82) is 0 Å². The summed E-state index contributed by atoms with van der Waals surface area (Å²) in [5, 5.41) is 15.4. The number of esters is 1. The molecule has 0 fully saturated rings. The van der Waals surface area contributed by atoms with E-state index in [1.807, 2.05) is 5.32 Å². The van der Waals surface area contributed by atoms with Gasteiger partial charge in [0, 0.05) is 12.4 Å². The van der Waals surface area contributed by atoms with Gasteiger partial charge < -0.3 is 9.84 Å². The second kappa shape index (κ2) is 8.76. The van der Waals surface area contributed by atoms with Gasteiger partial charge in [-0.05, 0) is 18.2 Å². The number of phenolic OH excluding ortho intramolecular Hbond substituents is 1. The molecule has 0 aliphatic heterocycles. The van der Waals surface area contributed by atoms with E-state index in [-0.39, 0.29) is 11.4 Å². The van der Waals surface area contributed by atoms with Crippen LogP contribution in [-0.2, 0) is 17.2 Å². The quantitative estimate of drug-likeness (QED) is 0.413. The van der Waals surface area contributed by atoms with E-state index in [1.54, 1.807) is 0 Å². The number of nitrogens with zero attached hydrogens (tertiary/aromatic N) is 5. The third kappa shape index (κ3) is 4.70. The van der Waals surface area contributed by atoms with Crippen LogP contribution < -0.4 is 5.32 Å². The molecule has 0 aliphatic carbocycles. The van der Waals surface area contributed by atoms with E-state index < -0.39 is 53.6 Å². The van der Waals surface area contributed by atoms with Crippen LogP contribution in [0.1, 0.15) is 32.4 Å². The van der Waals surface area contributed by atoms with Crippen molar-refractivity contribution in [2.24, 2.45) is 0 Å². The lowest BCUT2D eigenvalue weighted by Crippen LogP contribution is -2.35. The number of aromatic nitrogens is 5. The molecule has 33 heavy (non-hydrogen) atoms. The normalized spacial score (nSPS) is 11.8. The van der Waals surface area contributed by atoms with Gasteiger partial charge in [-0.15, -0.1) is 5.10 Å². The molecule has 174 valence electrons. The topological polar surface area (TPSA) is 132 Å². The molecule has 0 radical (unpaired) electrons. The Bertz CT molecular complexity index is 1180. The van der Waals surface area contributed by atoms with Crippen LogP contribution in [0.15, 0.2) is 36.7 Å². The van der Waals surface area contributed by atoms with Gasteiger partial charge in [-0.1, -0.05) is 6.07 Å². The number of halogens is 5. The molecule has 0 spiro atoms. The Hall–Kier alpha value is -4.17. The van der Waals surface area contributed by atoms with Crippen molar-refractivity contribution >= 4 is 17.8 Å². The predicted molar refractivity (Wildman–Crippen MR) is 98.5 cm³/mol. The van der Waals surface area contributed by atoms with Gasteiger partial charge in [0.05, 0.1) is 12.7 Å². The molecule has 15 heteroatoms. The number of rotatable bonds is 6. The molecule has 0 aliphatic rings. The molecule has 0 saturated heterocycles. The van der Waals surface area contributed by atoms with E-state index in [0.717, 1.165) is 19.2 Å². The number of nitrogens with one attached hydrogen (secondary N) is 1. The highest BCUT2D eigenvalue weighted by Gasteiger charge is 2.62. The van der Waals surface area contributed by atoms with Gasteiger partial charge in [0.15, 0.2) is 0 Å². The number of ether oxygens (including phenoxy) is 1. The van der Waals surface area contributed by atoms with Crippen LogP contribution in [0.25, 0.3) is 0 Å². The number of hydrogen-bond donors (Lipinski definition) is 2. The summed E-state index contributed by atoms with van der Waals surface area (Å²) in [6.45, 7) is -0.522.